The van der Waals surface area contributed by atoms with Crippen molar-refractivity contribution in [2.24, 2.45) is 0 Å². The fourth-order valence-corrected chi connectivity index (χ4v) is 1.87. The average Bonchev–Trinajstić information content (AvgIpc) is 2.38. The number of anilines is 1. The largest absolute Gasteiger partial charge is 0.487 e. The molecule has 1 N–H and O–H groups in total. The Bertz CT molecular complexity index is 543. The highest BCUT2D eigenvalue weighted by atomic mass is 35.5. The van der Waals surface area contributed by atoms with Gasteiger partial charge >= 0.3 is 0 Å². The maximum Gasteiger partial charge on any atom is 0.130 e. The predicted molar refractivity (Wildman–Crippen MR) is 74.3 cm³/mol. The van der Waals surface area contributed by atoms with Crippen molar-refractivity contribution in [2.45, 2.75) is 13.5 Å². The number of rotatable bonds is 4. The standard InChI is InChI=1S/C14H15ClN2O/c1-10-7-11(15)3-4-14(10)18-9-13-8-12(16-2)5-6-17-13/h3-8H,9H2,1-2H3,(H,16,17). The summed E-state index contributed by atoms with van der Waals surface area (Å²) in [6, 6.07) is 9.46. The van der Waals surface area contributed by atoms with Crippen LogP contribution in [0.15, 0.2) is 36.5 Å². The topological polar surface area (TPSA) is 34.2 Å². The van der Waals surface area contributed by atoms with Crippen molar-refractivity contribution in [3.05, 3.63) is 52.8 Å². The van der Waals surface area contributed by atoms with E-state index in [0.717, 1.165) is 27.7 Å². The molecule has 0 fully saturated rings. The third kappa shape index (κ3) is 3.14. The molecule has 0 atom stereocenters. The Morgan fingerprint density at radius 1 is 1.28 bits per heavy atom. The SMILES string of the molecule is CNc1ccnc(COc2ccc(Cl)cc2C)c1. The van der Waals surface area contributed by atoms with Gasteiger partial charge in [-0.2, -0.15) is 0 Å². The second-order valence-corrected chi connectivity index (χ2v) is 4.42. The molecule has 0 spiro atoms. The molecule has 1 heterocycles. The summed E-state index contributed by atoms with van der Waals surface area (Å²) >= 11 is 5.90. The lowest BCUT2D eigenvalue weighted by atomic mass is 10.2. The molecule has 94 valence electrons. The Morgan fingerprint density at radius 2 is 2.11 bits per heavy atom. The molecule has 0 bridgehead atoms. The maximum atomic E-state index is 5.90. The van der Waals surface area contributed by atoms with Gasteiger partial charge in [0.1, 0.15) is 12.4 Å². The van der Waals surface area contributed by atoms with Crippen LogP contribution in [0.3, 0.4) is 0 Å². The average molecular weight is 263 g/mol. The molecule has 4 heteroatoms. The van der Waals surface area contributed by atoms with Crippen LogP contribution in [0.4, 0.5) is 5.69 Å². The molecular weight excluding hydrogens is 248 g/mol. The molecule has 0 saturated carbocycles. The molecule has 0 radical (unpaired) electrons. The van der Waals surface area contributed by atoms with Gasteiger partial charge in [0.25, 0.3) is 0 Å². The number of benzene rings is 1. The number of ether oxygens (including phenoxy) is 1. The first-order valence-corrected chi connectivity index (χ1v) is 6.08. The molecule has 0 aliphatic carbocycles. The van der Waals surface area contributed by atoms with Crippen LogP contribution in [-0.4, -0.2) is 12.0 Å². The molecule has 0 saturated heterocycles. The Kier molecular flexibility index (Phi) is 4.05. The molecule has 2 aromatic rings. The van der Waals surface area contributed by atoms with E-state index >= 15 is 0 Å². The van der Waals surface area contributed by atoms with Crippen LogP contribution in [0.2, 0.25) is 5.02 Å². The molecule has 1 aromatic heterocycles. The monoisotopic (exact) mass is 262 g/mol. The first kappa shape index (κ1) is 12.7. The van der Waals surface area contributed by atoms with Crippen molar-refractivity contribution in [1.29, 1.82) is 0 Å². The molecular formula is C14H15ClN2O. The van der Waals surface area contributed by atoms with Crippen molar-refractivity contribution in [1.82, 2.24) is 4.98 Å². The van der Waals surface area contributed by atoms with E-state index in [0.29, 0.717) is 6.61 Å². The summed E-state index contributed by atoms with van der Waals surface area (Å²) in [6.07, 6.45) is 1.76. The smallest absolute Gasteiger partial charge is 0.130 e. The van der Waals surface area contributed by atoms with Gasteiger partial charge in [-0.3, -0.25) is 4.98 Å². The molecule has 0 unspecified atom stereocenters. The number of hydrogen-bond donors (Lipinski definition) is 1. The Labute approximate surface area is 112 Å². The lowest BCUT2D eigenvalue weighted by Gasteiger charge is -2.09. The first-order valence-electron chi connectivity index (χ1n) is 5.70. The highest BCUT2D eigenvalue weighted by Gasteiger charge is 2.02. The van der Waals surface area contributed by atoms with Gasteiger partial charge in [0.2, 0.25) is 0 Å². The molecule has 18 heavy (non-hydrogen) atoms. The molecule has 0 aliphatic heterocycles. The zero-order valence-corrected chi connectivity index (χ0v) is 11.2. The summed E-state index contributed by atoms with van der Waals surface area (Å²) in [6.45, 7) is 2.41. The van der Waals surface area contributed by atoms with Crippen LogP contribution in [0.5, 0.6) is 5.75 Å². The third-order valence-corrected chi connectivity index (χ3v) is 2.85. The van der Waals surface area contributed by atoms with Crippen LogP contribution < -0.4 is 10.1 Å². The molecule has 0 aliphatic rings. The second-order valence-electron chi connectivity index (χ2n) is 3.98. The molecule has 0 amide bonds. The van der Waals surface area contributed by atoms with Crippen LogP contribution >= 0.6 is 11.6 Å². The lowest BCUT2D eigenvalue weighted by Crippen LogP contribution is -2.00. The van der Waals surface area contributed by atoms with E-state index in [4.69, 9.17) is 16.3 Å². The zero-order valence-electron chi connectivity index (χ0n) is 10.4. The summed E-state index contributed by atoms with van der Waals surface area (Å²) in [5, 5.41) is 3.79. The van der Waals surface area contributed by atoms with Crippen molar-refractivity contribution in [3.63, 3.8) is 0 Å². The van der Waals surface area contributed by atoms with Crippen molar-refractivity contribution in [2.75, 3.05) is 12.4 Å². The summed E-state index contributed by atoms with van der Waals surface area (Å²) in [4.78, 5) is 4.26. The van der Waals surface area contributed by atoms with E-state index in [2.05, 4.69) is 10.3 Å². The fourth-order valence-electron chi connectivity index (χ4n) is 1.64. The fraction of sp³-hybridized carbons (Fsp3) is 0.214. The first-order chi connectivity index (χ1) is 8.69. The number of nitrogens with zero attached hydrogens (tertiary/aromatic N) is 1. The number of nitrogens with one attached hydrogen (secondary N) is 1. The number of halogens is 1. The maximum absolute atomic E-state index is 5.90. The van der Waals surface area contributed by atoms with E-state index in [1.807, 2.05) is 44.3 Å². The van der Waals surface area contributed by atoms with Gasteiger partial charge in [0.05, 0.1) is 5.69 Å². The minimum absolute atomic E-state index is 0.442. The van der Waals surface area contributed by atoms with Gasteiger partial charge in [0, 0.05) is 24.0 Å². The Morgan fingerprint density at radius 3 is 2.83 bits per heavy atom. The van der Waals surface area contributed by atoms with E-state index in [-0.39, 0.29) is 0 Å². The quantitative estimate of drug-likeness (QED) is 0.913. The van der Waals surface area contributed by atoms with E-state index in [9.17, 15) is 0 Å². The van der Waals surface area contributed by atoms with E-state index in [1.165, 1.54) is 0 Å². The van der Waals surface area contributed by atoms with Gasteiger partial charge in [-0.15, -0.1) is 0 Å². The minimum atomic E-state index is 0.442. The molecule has 2 rings (SSSR count). The summed E-state index contributed by atoms with van der Waals surface area (Å²) in [5.41, 5.74) is 2.93. The van der Waals surface area contributed by atoms with Gasteiger partial charge in [-0.05, 0) is 42.8 Å². The van der Waals surface area contributed by atoms with E-state index < -0.39 is 0 Å². The van der Waals surface area contributed by atoms with Crippen molar-refractivity contribution in [3.8, 4) is 5.75 Å². The Hall–Kier alpha value is -1.74. The third-order valence-electron chi connectivity index (χ3n) is 2.62. The normalized spacial score (nSPS) is 10.2. The highest BCUT2D eigenvalue weighted by molar-refractivity contribution is 6.30. The zero-order chi connectivity index (χ0) is 13.0. The predicted octanol–water partition coefficient (Wildman–Crippen LogP) is 3.66. The summed E-state index contributed by atoms with van der Waals surface area (Å²) in [7, 11) is 1.88. The molecule has 1 aromatic carbocycles. The summed E-state index contributed by atoms with van der Waals surface area (Å²) in [5.74, 6) is 0.830. The van der Waals surface area contributed by atoms with Crippen LogP contribution in [0.25, 0.3) is 0 Å². The number of hydrogen-bond acceptors (Lipinski definition) is 3. The van der Waals surface area contributed by atoms with Gasteiger partial charge in [-0.25, -0.2) is 0 Å². The number of aryl methyl sites for hydroxylation is 1. The second kappa shape index (κ2) is 5.74. The van der Waals surface area contributed by atoms with Crippen molar-refractivity contribution < 1.29 is 4.74 Å². The lowest BCUT2D eigenvalue weighted by molar-refractivity contribution is 0.299. The Balaban J connectivity index is 2.06. The van der Waals surface area contributed by atoms with Gasteiger partial charge < -0.3 is 10.1 Å². The minimum Gasteiger partial charge on any atom is -0.487 e. The molecule has 3 nitrogen and oxygen atoms in total. The van der Waals surface area contributed by atoms with Gasteiger partial charge in [-0.1, -0.05) is 11.6 Å². The summed E-state index contributed by atoms with van der Waals surface area (Å²) < 4.78 is 5.73. The van der Waals surface area contributed by atoms with E-state index in [1.54, 1.807) is 6.20 Å². The highest BCUT2D eigenvalue weighted by Crippen LogP contribution is 2.22. The number of pyridine rings is 1. The number of aromatic nitrogens is 1. The van der Waals surface area contributed by atoms with Crippen LogP contribution in [-0.2, 0) is 6.61 Å². The van der Waals surface area contributed by atoms with Gasteiger partial charge in [0.15, 0.2) is 0 Å². The van der Waals surface area contributed by atoms with Crippen molar-refractivity contribution >= 4 is 17.3 Å². The van der Waals surface area contributed by atoms with Crippen LogP contribution in [0.1, 0.15) is 11.3 Å². The van der Waals surface area contributed by atoms with Crippen LogP contribution in [0, 0.1) is 6.92 Å².